The Balaban J connectivity index is 1.76. The maximum Gasteiger partial charge on any atom is 0.275 e. The van der Waals surface area contributed by atoms with Crippen LogP contribution < -0.4 is 5.73 Å². The van der Waals surface area contributed by atoms with E-state index in [4.69, 9.17) is 10.2 Å². The number of aromatic nitrogens is 1. The number of nitrogens with two attached hydrogens (primary N) is 1. The van der Waals surface area contributed by atoms with Gasteiger partial charge >= 0.3 is 0 Å². The molecule has 0 aliphatic carbocycles. The first-order chi connectivity index (χ1) is 9.78. The van der Waals surface area contributed by atoms with Crippen LogP contribution in [0.2, 0.25) is 0 Å². The van der Waals surface area contributed by atoms with E-state index in [-0.39, 0.29) is 5.91 Å². The van der Waals surface area contributed by atoms with E-state index in [1.165, 1.54) is 6.26 Å². The number of likely N-dealkylation sites (tertiary alicyclic amines) is 1. The Kier molecular flexibility index (Phi) is 3.52. The topological polar surface area (TPSA) is 72.4 Å². The van der Waals surface area contributed by atoms with Gasteiger partial charge in [-0.05, 0) is 31.0 Å². The molecular weight excluding hydrogens is 254 g/mol. The monoisotopic (exact) mass is 271 g/mol. The molecule has 2 N–H and O–H groups in total. The maximum absolute atomic E-state index is 12.3. The second kappa shape index (κ2) is 5.46. The van der Waals surface area contributed by atoms with Crippen LogP contribution in [0, 0.1) is 5.92 Å². The largest absolute Gasteiger partial charge is 0.444 e. The van der Waals surface area contributed by atoms with Gasteiger partial charge in [0.1, 0.15) is 6.26 Å². The van der Waals surface area contributed by atoms with Gasteiger partial charge in [-0.1, -0.05) is 18.2 Å². The number of nitrogens with zero attached hydrogens (tertiary/aromatic N) is 2. The van der Waals surface area contributed by atoms with Gasteiger partial charge in [0.05, 0.1) is 0 Å². The molecule has 1 fully saturated rings. The van der Waals surface area contributed by atoms with Gasteiger partial charge in [-0.3, -0.25) is 4.79 Å². The Morgan fingerprint density at radius 3 is 2.90 bits per heavy atom. The highest BCUT2D eigenvalue weighted by molar-refractivity contribution is 5.92. The lowest BCUT2D eigenvalue weighted by Gasteiger charge is -2.13. The Bertz CT molecular complexity index is 594. The number of carbonyl (C=O) groups excluding carboxylic acids is 1. The van der Waals surface area contributed by atoms with Crippen molar-refractivity contribution < 1.29 is 9.21 Å². The van der Waals surface area contributed by atoms with E-state index in [0.29, 0.717) is 30.6 Å². The predicted molar refractivity (Wildman–Crippen MR) is 75.0 cm³/mol. The molecule has 1 amide bonds. The Morgan fingerprint density at radius 1 is 1.40 bits per heavy atom. The van der Waals surface area contributed by atoms with Crippen LogP contribution >= 0.6 is 0 Å². The number of oxazole rings is 1. The zero-order chi connectivity index (χ0) is 13.9. The lowest BCUT2D eigenvalue weighted by Crippen LogP contribution is -2.30. The highest BCUT2D eigenvalue weighted by Gasteiger charge is 2.27. The normalized spacial score (nSPS) is 18.4. The number of hydrogen-bond donors (Lipinski definition) is 1. The molecule has 0 radical (unpaired) electrons. The zero-order valence-corrected chi connectivity index (χ0v) is 11.2. The number of carbonyl (C=O) groups is 1. The van der Waals surface area contributed by atoms with Gasteiger partial charge in [-0.2, -0.15) is 0 Å². The number of rotatable bonds is 3. The lowest BCUT2D eigenvalue weighted by atomic mass is 10.1. The number of hydrogen-bond acceptors (Lipinski definition) is 4. The molecule has 1 atom stereocenters. The van der Waals surface area contributed by atoms with Crippen LogP contribution in [0.25, 0.3) is 11.5 Å². The van der Waals surface area contributed by atoms with Crippen molar-refractivity contribution in [3.05, 3.63) is 42.3 Å². The summed E-state index contributed by atoms with van der Waals surface area (Å²) in [6, 6.07) is 9.55. The summed E-state index contributed by atoms with van der Waals surface area (Å²) >= 11 is 0. The summed E-state index contributed by atoms with van der Waals surface area (Å²) in [4.78, 5) is 18.4. The van der Waals surface area contributed by atoms with Crippen LogP contribution in [0.15, 0.2) is 41.0 Å². The molecule has 1 aliphatic heterocycles. The Hall–Kier alpha value is -2.14. The van der Waals surface area contributed by atoms with Gasteiger partial charge in [-0.25, -0.2) is 4.98 Å². The first kappa shape index (κ1) is 12.9. The predicted octanol–water partition coefficient (Wildman–Crippen LogP) is 1.76. The Morgan fingerprint density at radius 2 is 2.20 bits per heavy atom. The molecule has 1 aliphatic rings. The van der Waals surface area contributed by atoms with Crippen molar-refractivity contribution in [3.63, 3.8) is 0 Å². The summed E-state index contributed by atoms with van der Waals surface area (Å²) in [6.45, 7) is 2.08. The van der Waals surface area contributed by atoms with Crippen molar-refractivity contribution in [2.45, 2.75) is 6.42 Å². The van der Waals surface area contributed by atoms with Gasteiger partial charge in [0.2, 0.25) is 5.89 Å². The molecule has 5 nitrogen and oxygen atoms in total. The van der Waals surface area contributed by atoms with Crippen LogP contribution in [-0.2, 0) is 0 Å². The van der Waals surface area contributed by atoms with Crippen molar-refractivity contribution in [2.75, 3.05) is 19.6 Å². The average Bonchev–Trinajstić information content (AvgIpc) is 3.17. The van der Waals surface area contributed by atoms with E-state index in [9.17, 15) is 4.79 Å². The average molecular weight is 271 g/mol. The van der Waals surface area contributed by atoms with Crippen molar-refractivity contribution in [1.82, 2.24) is 9.88 Å². The van der Waals surface area contributed by atoms with Crippen LogP contribution in [0.1, 0.15) is 16.9 Å². The number of benzene rings is 1. The summed E-state index contributed by atoms with van der Waals surface area (Å²) < 4.78 is 5.40. The molecule has 2 aromatic rings. The third-order valence-electron chi connectivity index (χ3n) is 3.65. The summed E-state index contributed by atoms with van der Waals surface area (Å²) in [5.41, 5.74) is 6.87. The van der Waals surface area contributed by atoms with Crippen LogP contribution in [0.3, 0.4) is 0 Å². The molecule has 104 valence electrons. The minimum atomic E-state index is -0.0770. The second-order valence-corrected chi connectivity index (χ2v) is 5.05. The molecule has 20 heavy (non-hydrogen) atoms. The fraction of sp³-hybridized carbons (Fsp3) is 0.333. The molecule has 1 saturated heterocycles. The van der Waals surface area contributed by atoms with Gasteiger partial charge in [0.15, 0.2) is 5.69 Å². The molecule has 3 rings (SSSR count). The molecule has 1 aromatic heterocycles. The van der Waals surface area contributed by atoms with E-state index in [0.717, 1.165) is 18.5 Å². The van der Waals surface area contributed by atoms with Crippen LogP contribution in [-0.4, -0.2) is 35.4 Å². The lowest BCUT2D eigenvalue weighted by molar-refractivity contribution is 0.0782. The van der Waals surface area contributed by atoms with E-state index < -0.39 is 0 Å². The Labute approximate surface area is 117 Å². The third kappa shape index (κ3) is 2.44. The molecule has 1 unspecified atom stereocenters. The van der Waals surface area contributed by atoms with Crippen molar-refractivity contribution >= 4 is 5.91 Å². The summed E-state index contributed by atoms with van der Waals surface area (Å²) in [6.07, 6.45) is 2.39. The zero-order valence-electron chi connectivity index (χ0n) is 11.2. The van der Waals surface area contributed by atoms with Crippen molar-refractivity contribution in [3.8, 4) is 11.5 Å². The first-order valence-corrected chi connectivity index (χ1v) is 6.78. The fourth-order valence-corrected chi connectivity index (χ4v) is 2.46. The van der Waals surface area contributed by atoms with E-state index in [1.807, 2.05) is 30.3 Å². The maximum atomic E-state index is 12.3. The minimum Gasteiger partial charge on any atom is -0.444 e. The smallest absolute Gasteiger partial charge is 0.275 e. The SMILES string of the molecule is NCC1CCN(C(=O)c2coc(-c3ccccc3)n2)C1. The first-order valence-electron chi connectivity index (χ1n) is 6.78. The standard InChI is InChI=1S/C15H17N3O2/c16-8-11-6-7-18(9-11)15(19)13-10-20-14(17-13)12-4-2-1-3-5-12/h1-5,10-11H,6-9,16H2. The quantitative estimate of drug-likeness (QED) is 0.923. The molecule has 0 bridgehead atoms. The van der Waals surface area contributed by atoms with Crippen LogP contribution in [0.4, 0.5) is 0 Å². The summed E-state index contributed by atoms with van der Waals surface area (Å²) in [5, 5.41) is 0. The van der Waals surface area contributed by atoms with Crippen molar-refractivity contribution in [1.29, 1.82) is 0 Å². The number of amides is 1. The second-order valence-electron chi connectivity index (χ2n) is 5.05. The third-order valence-corrected chi connectivity index (χ3v) is 3.65. The van der Waals surface area contributed by atoms with Gasteiger partial charge < -0.3 is 15.1 Å². The highest BCUT2D eigenvalue weighted by Crippen LogP contribution is 2.21. The molecule has 0 spiro atoms. The summed E-state index contributed by atoms with van der Waals surface area (Å²) in [7, 11) is 0. The van der Waals surface area contributed by atoms with Gasteiger partial charge in [-0.15, -0.1) is 0 Å². The molecule has 5 heteroatoms. The van der Waals surface area contributed by atoms with E-state index in [1.54, 1.807) is 4.90 Å². The minimum absolute atomic E-state index is 0.0770. The summed E-state index contributed by atoms with van der Waals surface area (Å²) in [5.74, 6) is 0.801. The van der Waals surface area contributed by atoms with E-state index in [2.05, 4.69) is 4.98 Å². The molecule has 0 saturated carbocycles. The molecular formula is C15H17N3O2. The van der Waals surface area contributed by atoms with E-state index >= 15 is 0 Å². The van der Waals surface area contributed by atoms with Crippen LogP contribution in [0.5, 0.6) is 0 Å². The molecule has 1 aromatic carbocycles. The van der Waals surface area contributed by atoms with Gasteiger partial charge in [0, 0.05) is 18.7 Å². The van der Waals surface area contributed by atoms with Crippen molar-refractivity contribution in [2.24, 2.45) is 11.7 Å². The molecule has 2 heterocycles. The van der Waals surface area contributed by atoms with Gasteiger partial charge in [0.25, 0.3) is 5.91 Å². The highest BCUT2D eigenvalue weighted by atomic mass is 16.3. The fourth-order valence-electron chi connectivity index (χ4n) is 2.46.